The molecule has 0 spiro atoms. The molecule has 0 fully saturated rings. The maximum atomic E-state index is 14.0. The lowest BCUT2D eigenvalue weighted by atomic mass is 10.1. The zero-order valence-corrected chi connectivity index (χ0v) is 14.8. The van der Waals surface area contributed by atoms with E-state index in [9.17, 15) is 8.78 Å². The van der Waals surface area contributed by atoms with E-state index in [0.29, 0.717) is 12.0 Å². The molecule has 0 unspecified atom stereocenters. The van der Waals surface area contributed by atoms with E-state index < -0.39 is 11.6 Å². The maximum absolute atomic E-state index is 14.0. The van der Waals surface area contributed by atoms with E-state index in [0.717, 1.165) is 37.5 Å². The van der Waals surface area contributed by atoms with Crippen LogP contribution in [0.4, 0.5) is 8.78 Å². The van der Waals surface area contributed by atoms with Gasteiger partial charge in [0.05, 0.1) is 18.0 Å². The zero-order valence-electron chi connectivity index (χ0n) is 14.8. The Hall–Kier alpha value is -2.36. The second-order valence-corrected chi connectivity index (χ2v) is 6.06. The highest BCUT2D eigenvalue weighted by atomic mass is 19.1. The first-order valence-electron chi connectivity index (χ1n) is 8.77. The van der Waals surface area contributed by atoms with E-state index in [2.05, 4.69) is 17.1 Å². The molecule has 2 aromatic carbocycles. The summed E-state index contributed by atoms with van der Waals surface area (Å²) >= 11 is 0. The molecule has 4 heteroatoms. The van der Waals surface area contributed by atoms with E-state index in [1.807, 2.05) is 31.2 Å². The van der Waals surface area contributed by atoms with Gasteiger partial charge < -0.3 is 0 Å². The Morgan fingerprint density at radius 1 is 0.800 bits per heavy atom. The van der Waals surface area contributed by atoms with Gasteiger partial charge in [0, 0.05) is 0 Å². The lowest BCUT2D eigenvalue weighted by Gasteiger charge is -2.04. The summed E-state index contributed by atoms with van der Waals surface area (Å²) in [6.45, 7) is 4.18. The SMILES string of the molecule is CCCCc1cc(F)c(/C=N/N=C/c2ccc(CCC)cc2)c(F)c1. The van der Waals surface area contributed by atoms with Crippen LogP contribution in [0.15, 0.2) is 46.6 Å². The second-order valence-electron chi connectivity index (χ2n) is 6.06. The van der Waals surface area contributed by atoms with Crippen LogP contribution in [-0.4, -0.2) is 12.4 Å². The van der Waals surface area contributed by atoms with E-state index in [1.165, 1.54) is 17.7 Å². The molecule has 132 valence electrons. The van der Waals surface area contributed by atoms with E-state index in [4.69, 9.17) is 0 Å². The van der Waals surface area contributed by atoms with E-state index in [1.54, 1.807) is 6.21 Å². The highest BCUT2D eigenvalue weighted by Crippen LogP contribution is 2.15. The monoisotopic (exact) mass is 342 g/mol. The molecule has 0 N–H and O–H groups in total. The normalized spacial score (nSPS) is 11.7. The number of halogens is 2. The molecule has 0 radical (unpaired) electrons. The molecule has 2 nitrogen and oxygen atoms in total. The molecule has 0 amide bonds. The lowest BCUT2D eigenvalue weighted by molar-refractivity contribution is 0.575. The summed E-state index contributed by atoms with van der Waals surface area (Å²) in [4.78, 5) is 0. The Morgan fingerprint density at radius 3 is 2.04 bits per heavy atom. The zero-order chi connectivity index (χ0) is 18.1. The summed E-state index contributed by atoms with van der Waals surface area (Å²) in [5.41, 5.74) is 2.68. The molecule has 0 bridgehead atoms. The summed E-state index contributed by atoms with van der Waals surface area (Å²) in [5.74, 6) is -1.21. The van der Waals surface area contributed by atoms with Crippen molar-refractivity contribution in [2.75, 3.05) is 0 Å². The first kappa shape index (κ1) is 19.0. The Kier molecular flexibility index (Phi) is 7.45. The molecular weight excluding hydrogens is 318 g/mol. The fraction of sp³-hybridized carbons (Fsp3) is 0.333. The van der Waals surface area contributed by atoms with Gasteiger partial charge in [0.15, 0.2) is 0 Å². The van der Waals surface area contributed by atoms with Gasteiger partial charge >= 0.3 is 0 Å². The molecule has 0 aliphatic carbocycles. The number of aryl methyl sites for hydroxylation is 2. The van der Waals surface area contributed by atoms with Crippen molar-refractivity contribution in [2.24, 2.45) is 10.2 Å². The quantitative estimate of drug-likeness (QED) is 0.433. The third kappa shape index (κ3) is 5.89. The van der Waals surface area contributed by atoms with Gasteiger partial charge in [-0.2, -0.15) is 10.2 Å². The average molecular weight is 342 g/mol. The van der Waals surface area contributed by atoms with Crippen LogP contribution in [0.3, 0.4) is 0 Å². The highest BCUT2D eigenvalue weighted by Gasteiger charge is 2.09. The minimum absolute atomic E-state index is 0.157. The van der Waals surface area contributed by atoms with Crippen molar-refractivity contribution < 1.29 is 8.78 Å². The van der Waals surface area contributed by atoms with Crippen LogP contribution >= 0.6 is 0 Å². The Morgan fingerprint density at radius 2 is 1.44 bits per heavy atom. The minimum Gasteiger partial charge on any atom is -0.206 e. The summed E-state index contributed by atoms with van der Waals surface area (Å²) in [6.07, 6.45) is 7.41. The average Bonchev–Trinajstić information content (AvgIpc) is 2.60. The number of nitrogens with zero attached hydrogens (tertiary/aromatic N) is 2. The molecule has 0 aromatic heterocycles. The van der Waals surface area contributed by atoms with Crippen molar-refractivity contribution in [1.29, 1.82) is 0 Å². The fourth-order valence-electron chi connectivity index (χ4n) is 2.54. The maximum Gasteiger partial charge on any atom is 0.135 e. The van der Waals surface area contributed by atoms with Gasteiger partial charge in [0.1, 0.15) is 11.6 Å². The highest BCUT2D eigenvalue weighted by molar-refractivity contribution is 5.83. The van der Waals surface area contributed by atoms with Crippen molar-refractivity contribution in [3.05, 3.63) is 70.3 Å². The predicted octanol–water partition coefficient (Wildman–Crippen LogP) is 5.71. The van der Waals surface area contributed by atoms with Gasteiger partial charge in [-0.3, -0.25) is 0 Å². The van der Waals surface area contributed by atoms with Crippen LogP contribution in [0.25, 0.3) is 0 Å². The largest absolute Gasteiger partial charge is 0.206 e. The molecule has 25 heavy (non-hydrogen) atoms. The third-order valence-corrected chi connectivity index (χ3v) is 3.94. The number of unbranched alkanes of at least 4 members (excludes halogenated alkanes) is 1. The molecule has 2 aromatic rings. The summed E-state index contributed by atoms with van der Waals surface area (Å²) in [5, 5.41) is 7.65. The van der Waals surface area contributed by atoms with Crippen molar-refractivity contribution in [2.45, 2.75) is 46.0 Å². The van der Waals surface area contributed by atoms with Crippen LogP contribution in [0, 0.1) is 11.6 Å². The number of hydrogen-bond acceptors (Lipinski definition) is 2. The summed E-state index contributed by atoms with van der Waals surface area (Å²) < 4.78 is 28.0. The number of benzene rings is 2. The Bertz CT molecular complexity index is 711. The van der Waals surface area contributed by atoms with Crippen molar-refractivity contribution in [3.63, 3.8) is 0 Å². The van der Waals surface area contributed by atoms with Gasteiger partial charge in [-0.05, 0) is 48.1 Å². The standard InChI is InChI=1S/C21H24F2N2/c1-3-5-7-18-12-20(22)19(21(23)13-18)15-25-24-14-17-10-8-16(6-4-2)9-11-17/h8-15H,3-7H2,1-2H3/b24-14+,25-15+. The molecule has 0 saturated carbocycles. The number of hydrogen-bond donors (Lipinski definition) is 0. The Balaban J connectivity index is 2.03. The van der Waals surface area contributed by atoms with E-state index in [-0.39, 0.29) is 5.56 Å². The smallest absolute Gasteiger partial charge is 0.135 e. The number of rotatable bonds is 8. The topological polar surface area (TPSA) is 24.7 Å². The Labute approximate surface area is 148 Å². The fourth-order valence-corrected chi connectivity index (χ4v) is 2.54. The molecular formula is C21H24F2N2. The van der Waals surface area contributed by atoms with Gasteiger partial charge in [-0.15, -0.1) is 0 Å². The van der Waals surface area contributed by atoms with Crippen molar-refractivity contribution in [3.8, 4) is 0 Å². The summed E-state index contributed by atoms with van der Waals surface area (Å²) in [6, 6.07) is 10.7. The first-order chi connectivity index (χ1) is 12.1. The third-order valence-electron chi connectivity index (χ3n) is 3.94. The molecule has 0 aliphatic heterocycles. The molecule has 0 aliphatic rings. The molecule has 0 heterocycles. The van der Waals surface area contributed by atoms with Crippen LogP contribution in [0.5, 0.6) is 0 Å². The lowest BCUT2D eigenvalue weighted by Crippen LogP contribution is -1.97. The van der Waals surface area contributed by atoms with Crippen LogP contribution < -0.4 is 0 Å². The van der Waals surface area contributed by atoms with Crippen LogP contribution in [0.2, 0.25) is 0 Å². The summed E-state index contributed by atoms with van der Waals surface area (Å²) in [7, 11) is 0. The van der Waals surface area contributed by atoms with Gasteiger partial charge in [0.2, 0.25) is 0 Å². The van der Waals surface area contributed by atoms with Crippen LogP contribution in [-0.2, 0) is 12.8 Å². The van der Waals surface area contributed by atoms with E-state index >= 15 is 0 Å². The van der Waals surface area contributed by atoms with Crippen molar-refractivity contribution >= 4 is 12.4 Å². The minimum atomic E-state index is -0.603. The van der Waals surface area contributed by atoms with Gasteiger partial charge in [-0.1, -0.05) is 51.0 Å². The first-order valence-corrected chi connectivity index (χ1v) is 8.77. The van der Waals surface area contributed by atoms with Gasteiger partial charge in [-0.25, -0.2) is 8.78 Å². The molecule has 2 rings (SSSR count). The van der Waals surface area contributed by atoms with Crippen LogP contribution in [0.1, 0.15) is 55.4 Å². The second kappa shape index (κ2) is 9.82. The molecule has 0 saturated heterocycles. The predicted molar refractivity (Wildman–Crippen MR) is 101 cm³/mol. The van der Waals surface area contributed by atoms with Gasteiger partial charge in [0.25, 0.3) is 0 Å². The van der Waals surface area contributed by atoms with Crippen molar-refractivity contribution in [1.82, 2.24) is 0 Å². The molecule has 0 atom stereocenters.